The molecule has 3 heterocycles. The van der Waals surface area contributed by atoms with E-state index in [0.29, 0.717) is 12.4 Å². The van der Waals surface area contributed by atoms with Crippen LogP contribution in [-0.2, 0) is 18.7 Å². The Hall–Kier alpha value is -0.780. The van der Waals surface area contributed by atoms with E-state index in [0.717, 1.165) is 16.3 Å². The molecule has 0 radical (unpaired) electrons. The number of thioether (sulfide) groups is 1. The van der Waals surface area contributed by atoms with Crippen LogP contribution in [0.5, 0.6) is 0 Å². The molecule has 84 valence electrons. The van der Waals surface area contributed by atoms with E-state index in [1.54, 1.807) is 17.6 Å². The maximum Gasteiger partial charge on any atom is 0.236 e. The standard InChI is InChI=1S/C11H12N2OS2/c12-4-8-5-14-11(13-8)10-3-7-6-15-2-1-9(7)16-10/h3,5H,1-2,4,6,12H2. The van der Waals surface area contributed by atoms with Crippen molar-refractivity contribution >= 4 is 23.1 Å². The fraction of sp³-hybridized carbons (Fsp3) is 0.364. The molecule has 2 aromatic rings. The number of hydrogen-bond donors (Lipinski definition) is 1. The zero-order chi connectivity index (χ0) is 11.0. The Morgan fingerprint density at radius 3 is 3.19 bits per heavy atom. The van der Waals surface area contributed by atoms with Gasteiger partial charge in [-0.1, -0.05) is 0 Å². The van der Waals surface area contributed by atoms with Gasteiger partial charge in [-0.15, -0.1) is 11.3 Å². The van der Waals surface area contributed by atoms with Gasteiger partial charge in [0.05, 0.1) is 10.6 Å². The summed E-state index contributed by atoms with van der Waals surface area (Å²) in [7, 11) is 0. The second-order valence-electron chi connectivity index (χ2n) is 3.71. The fourth-order valence-corrected chi connectivity index (χ4v) is 4.07. The zero-order valence-electron chi connectivity index (χ0n) is 8.73. The molecule has 2 aromatic heterocycles. The molecule has 0 fully saturated rings. The van der Waals surface area contributed by atoms with E-state index in [1.807, 2.05) is 11.8 Å². The van der Waals surface area contributed by atoms with Crippen molar-refractivity contribution in [3.63, 3.8) is 0 Å². The van der Waals surface area contributed by atoms with Crippen LogP contribution in [0.4, 0.5) is 0 Å². The van der Waals surface area contributed by atoms with Gasteiger partial charge >= 0.3 is 0 Å². The number of rotatable bonds is 2. The van der Waals surface area contributed by atoms with Gasteiger partial charge in [0.1, 0.15) is 6.26 Å². The number of aromatic nitrogens is 1. The first kappa shape index (κ1) is 10.4. The third-order valence-electron chi connectivity index (χ3n) is 2.60. The summed E-state index contributed by atoms with van der Waals surface area (Å²) in [4.78, 5) is 6.97. The first-order valence-corrected chi connectivity index (χ1v) is 7.18. The molecule has 2 N–H and O–H groups in total. The van der Waals surface area contributed by atoms with E-state index in [-0.39, 0.29) is 0 Å². The summed E-state index contributed by atoms with van der Waals surface area (Å²) in [5.74, 6) is 3.06. The highest BCUT2D eigenvalue weighted by Gasteiger charge is 2.16. The van der Waals surface area contributed by atoms with Gasteiger partial charge in [-0.05, 0) is 23.8 Å². The van der Waals surface area contributed by atoms with Gasteiger partial charge in [0, 0.05) is 17.2 Å². The lowest BCUT2D eigenvalue weighted by molar-refractivity contribution is 0.574. The summed E-state index contributed by atoms with van der Waals surface area (Å²) < 4.78 is 5.43. The van der Waals surface area contributed by atoms with Crippen LogP contribution >= 0.6 is 23.1 Å². The molecule has 3 nitrogen and oxygen atoms in total. The molecule has 1 aliphatic rings. The Labute approximate surface area is 102 Å². The number of nitrogens with two attached hydrogens (primary N) is 1. The highest BCUT2D eigenvalue weighted by atomic mass is 32.2. The van der Waals surface area contributed by atoms with E-state index >= 15 is 0 Å². The topological polar surface area (TPSA) is 52.0 Å². The quantitative estimate of drug-likeness (QED) is 0.892. The fourth-order valence-electron chi connectivity index (χ4n) is 1.77. The van der Waals surface area contributed by atoms with Crippen LogP contribution in [0.3, 0.4) is 0 Å². The molecule has 16 heavy (non-hydrogen) atoms. The van der Waals surface area contributed by atoms with Crippen LogP contribution in [-0.4, -0.2) is 10.7 Å². The van der Waals surface area contributed by atoms with Crippen molar-refractivity contribution in [3.05, 3.63) is 28.5 Å². The largest absolute Gasteiger partial charge is 0.444 e. The predicted octanol–water partition coefficient (Wildman–Crippen LogP) is 2.65. The number of aryl methyl sites for hydroxylation is 1. The molecule has 0 unspecified atom stereocenters. The van der Waals surface area contributed by atoms with E-state index < -0.39 is 0 Å². The minimum Gasteiger partial charge on any atom is -0.444 e. The molecular formula is C11H12N2OS2. The van der Waals surface area contributed by atoms with Crippen LogP contribution in [0, 0.1) is 0 Å². The zero-order valence-corrected chi connectivity index (χ0v) is 10.4. The van der Waals surface area contributed by atoms with Gasteiger partial charge in [-0.2, -0.15) is 11.8 Å². The first-order valence-electron chi connectivity index (χ1n) is 5.21. The van der Waals surface area contributed by atoms with Crippen molar-refractivity contribution in [2.75, 3.05) is 5.75 Å². The van der Waals surface area contributed by atoms with E-state index in [9.17, 15) is 0 Å². The third kappa shape index (κ3) is 1.79. The Morgan fingerprint density at radius 1 is 1.50 bits per heavy atom. The summed E-state index contributed by atoms with van der Waals surface area (Å²) in [6.07, 6.45) is 2.82. The number of thiophene rings is 1. The molecule has 0 bridgehead atoms. The lowest BCUT2D eigenvalue weighted by atomic mass is 10.2. The van der Waals surface area contributed by atoms with Gasteiger partial charge in [0.2, 0.25) is 5.89 Å². The number of hydrogen-bond acceptors (Lipinski definition) is 5. The smallest absolute Gasteiger partial charge is 0.236 e. The molecule has 1 aliphatic heterocycles. The molecule has 0 saturated heterocycles. The van der Waals surface area contributed by atoms with Crippen LogP contribution in [0.2, 0.25) is 0 Å². The van der Waals surface area contributed by atoms with E-state index in [2.05, 4.69) is 11.1 Å². The van der Waals surface area contributed by atoms with E-state index in [4.69, 9.17) is 10.2 Å². The highest BCUT2D eigenvalue weighted by molar-refractivity contribution is 7.98. The monoisotopic (exact) mass is 252 g/mol. The lowest BCUT2D eigenvalue weighted by Gasteiger charge is -2.08. The van der Waals surface area contributed by atoms with Crippen molar-refractivity contribution in [3.8, 4) is 10.8 Å². The molecule has 0 aliphatic carbocycles. The minimum atomic E-state index is 0.435. The Kier molecular flexibility index (Phi) is 2.75. The molecule has 0 aromatic carbocycles. The number of fused-ring (bicyclic) bond motifs is 1. The van der Waals surface area contributed by atoms with Gasteiger partial charge < -0.3 is 10.2 Å². The van der Waals surface area contributed by atoms with Crippen LogP contribution < -0.4 is 5.73 Å². The second-order valence-corrected chi connectivity index (χ2v) is 5.95. The maximum absolute atomic E-state index is 5.52. The molecule has 5 heteroatoms. The maximum atomic E-state index is 5.52. The first-order chi connectivity index (χ1) is 7.86. The van der Waals surface area contributed by atoms with Crippen LogP contribution in [0.25, 0.3) is 10.8 Å². The third-order valence-corrected chi connectivity index (χ3v) is 4.83. The molecule has 0 atom stereocenters. The Balaban J connectivity index is 1.96. The summed E-state index contributed by atoms with van der Waals surface area (Å²) in [6.45, 7) is 0.435. The molecule has 0 saturated carbocycles. The van der Waals surface area contributed by atoms with Gasteiger partial charge in [0.25, 0.3) is 0 Å². The van der Waals surface area contributed by atoms with Gasteiger partial charge in [-0.3, -0.25) is 0 Å². The normalized spacial score (nSPS) is 15.1. The van der Waals surface area contributed by atoms with Crippen molar-refractivity contribution in [1.82, 2.24) is 4.98 Å². The summed E-state index contributed by atoms with van der Waals surface area (Å²) in [5, 5.41) is 0. The highest BCUT2D eigenvalue weighted by Crippen LogP contribution is 2.36. The minimum absolute atomic E-state index is 0.435. The Morgan fingerprint density at radius 2 is 2.44 bits per heavy atom. The average molecular weight is 252 g/mol. The van der Waals surface area contributed by atoms with E-state index in [1.165, 1.54) is 22.6 Å². The second kappa shape index (κ2) is 4.24. The van der Waals surface area contributed by atoms with Gasteiger partial charge in [-0.25, -0.2) is 4.98 Å². The molecule has 0 spiro atoms. The average Bonchev–Trinajstić information content (AvgIpc) is 2.95. The summed E-state index contributed by atoms with van der Waals surface area (Å²) in [5.41, 5.74) is 7.78. The van der Waals surface area contributed by atoms with Gasteiger partial charge in [0.15, 0.2) is 0 Å². The van der Waals surface area contributed by atoms with Crippen LogP contribution in [0.1, 0.15) is 16.1 Å². The van der Waals surface area contributed by atoms with Crippen molar-refractivity contribution in [2.45, 2.75) is 18.7 Å². The lowest BCUT2D eigenvalue weighted by Crippen LogP contribution is -1.96. The SMILES string of the molecule is NCc1coc(-c2cc3c(s2)CCSC3)n1. The van der Waals surface area contributed by atoms with Crippen molar-refractivity contribution in [2.24, 2.45) is 5.73 Å². The predicted molar refractivity (Wildman–Crippen MR) is 67.6 cm³/mol. The number of oxazole rings is 1. The molecule has 0 amide bonds. The Bertz CT molecular complexity index is 480. The van der Waals surface area contributed by atoms with Crippen LogP contribution in [0.15, 0.2) is 16.7 Å². The molecule has 3 rings (SSSR count). The summed E-state index contributed by atoms with van der Waals surface area (Å²) >= 11 is 3.79. The molecular weight excluding hydrogens is 240 g/mol. The summed E-state index contributed by atoms with van der Waals surface area (Å²) in [6, 6.07) is 2.21. The van der Waals surface area contributed by atoms with Crippen molar-refractivity contribution < 1.29 is 4.42 Å². The number of nitrogens with zero attached hydrogens (tertiary/aromatic N) is 1. The van der Waals surface area contributed by atoms with Crippen molar-refractivity contribution in [1.29, 1.82) is 0 Å².